The molecule has 1 aromatic rings. The molecule has 0 aliphatic rings. The van der Waals surface area contributed by atoms with Gasteiger partial charge in [-0.1, -0.05) is 77.3 Å². The fraction of sp³-hybridized carbons (Fsp3) is 0.619. The van der Waals surface area contributed by atoms with E-state index in [9.17, 15) is 8.42 Å². The third kappa shape index (κ3) is 9.73. The lowest BCUT2D eigenvalue weighted by atomic mass is 9.95. The van der Waals surface area contributed by atoms with Gasteiger partial charge in [0, 0.05) is 0 Å². The van der Waals surface area contributed by atoms with Crippen LogP contribution in [-0.4, -0.2) is 18.6 Å². The van der Waals surface area contributed by atoms with Gasteiger partial charge in [-0.3, -0.25) is 15.5 Å². The SMILES string of the molecule is CCCCCCCCCCC(C)c1ccc(S(=O)(=O)NC(=N)SC(C)=N)cc1. The molecule has 0 radical (unpaired) electrons. The van der Waals surface area contributed by atoms with Crippen molar-refractivity contribution in [1.82, 2.24) is 4.72 Å². The highest BCUT2D eigenvalue weighted by Gasteiger charge is 2.17. The summed E-state index contributed by atoms with van der Waals surface area (Å²) in [5, 5.41) is 14.8. The minimum atomic E-state index is -3.77. The van der Waals surface area contributed by atoms with E-state index in [4.69, 9.17) is 10.8 Å². The van der Waals surface area contributed by atoms with Crippen LogP contribution in [0.3, 0.4) is 0 Å². The molecule has 28 heavy (non-hydrogen) atoms. The van der Waals surface area contributed by atoms with Crippen LogP contribution in [0.1, 0.15) is 90.0 Å². The zero-order chi connectivity index (χ0) is 21.0. The predicted molar refractivity (Wildman–Crippen MR) is 121 cm³/mol. The van der Waals surface area contributed by atoms with Crippen molar-refractivity contribution < 1.29 is 8.42 Å². The van der Waals surface area contributed by atoms with E-state index in [-0.39, 0.29) is 15.1 Å². The highest BCUT2D eigenvalue weighted by Crippen LogP contribution is 2.24. The molecule has 0 aliphatic heterocycles. The van der Waals surface area contributed by atoms with Crippen molar-refractivity contribution in [1.29, 1.82) is 10.8 Å². The maximum atomic E-state index is 12.3. The molecule has 1 aromatic carbocycles. The highest BCUT2D eigenvalue weighted by molar-refractivity contribution is 8.26. The van der Waals surface area contributed by atoms with Crippen LogP contribution in [-0.2, 0) is 10.0 Å². The summed E-state index contributed by atoms with van der Waals surface area (Å²) < 4.78 is 26.8. The van der Waals surface area contributed by atoms with E-state index in [1.165, 1.54) is 58.3 Å². The summed E-state index contributed by atoms with van der Waals surface area (Å²) >= 11 is 0.779. The molecule has 3 N–H and O–H groups in total. The monoisotopic (exact) mass is 425 g/mol. The molecule has 0 aliphatic carbocycles. The standard InChI is InChI=1S/C21H35N3O2S2/c1-4-5-6-7-8-9-10-11-12-17(2)19-13-15-20(16-14-19)28(25,26)24-21(23)27-18(3)22/h13-17,22H,4-12H2,1-3H3,(H2,23,24). The minimum absolute atomic E-state index is 0.142. The maximum Gasteiger partial charge on any atom is 0.263 e. The average molecular weight is 426 g/mol. The first kappa shape index (κ1) is 24.7. The lowest BCUT2D eigenvalue weighted by molar-refractivity contribution is 0.543. The Bertz CT molecular complexity index is 716. The molecule has 0 aromatic heterocycles. The summed E-state index contributed by atoms with van der Waals surface area (Å²) in [6, 6.07) is 6.92. The summed E-state index contributed by atoms with van der Waals surface area (Å²) in [5.74, 6) is 0.402. The van der Waals surface area contributed by atoms with Gasteiger partial charge in [-0.25, -0.2) is 8.42 Å². The molecule has 0 heterocycles. The van der Waals surface area contributed by atoms with Crippen molar-refractivity contribution in [3.8, 4) is 0 Å². The largest absolute Gasteiger partial charge is 0.298 e. The van der Waals surface area contributed by atoms with E-state index in [0.717, 1.165) is 23.7 Å². The van der Waals surface area contributed by atoms with Crippen LogP contribution in [0.15, 0.2) is 29.2 Å². The van der Waals surface area contributed by atoms with Gasteiger partial charge < -0.3 is 0 Å². The molecule has 0 bridgehead atoms. The first-order valence-electron chi connectivity index (χ1n) is 10.2. The fourth-order valence-corrected chi connectivity index (χ4v) is 4.74. The fourth-order valence-electron chi connectivity index (χ4n) is 3.08. The second kappa shape index (κ2) is 13.0. The van der Waals surface area contributed by atoms with Gasteiger partial charge in [0.15, 0.2) is 5.17 Å². The Morgan fingerprint density at radius 3 is 2.07 bits per heavy atom. The second-order valence-electron chi connectivity index (χ2n) is 7.33. The van der Waals surface area contributed by atoms with Gasteiger partial charge in [0.05, 0.1) is 9.94 Å². The molecule has 0 fully saturated rings. The first-order valence-corrected chi connectivity index (χ1v) is 12.5. The zero-order valence-corrected chi connectivity index (χ0v) is 19.0. The molecular weight excluding hydrogens is 390 g/mol. The molecule has 1 atom stereocenters. The van der Waals surface area contributed by atoms with Crippen LogP contribution in [0, 0.1) is 10.8 Å². The Balaban J connectivity index is 2.44. The second-order valence-corrected chi connectivity index (χ2v) is 10.2. The minimum Gasteiger partial charge on any atom is -0.298 e. The number of benzene rings is 1. The molecule has 158 valence electrons. The van der Waals surface area contributed by atoms with E-state index in [2.05, 4.69) is 18.6 Å². The number of sulfonamides is 1. The zero-order valence-electron chi connectivity index (χ0n) is 17.4. The Morgan fingerprint density at radius 2 is 1.54 bits per heavy atom. The van der Waals surface area contributed by atoms with Crippen molar-refractivity contribution in [2.45, 2.75) is 89.4 Å². The van der Waals surface area contributed by atoms with Gasteiger partial charge in [0.25, 0.3) is 10.0 Å². The van der Waals surface area contributed by atoms with Gasteiger partial charge in [0.1, 0.15) is 0 Å². The van der Waals surface area contributed by atoms with Gasteiger partial charge in [-0.15, -0.1) is 0 Å². The first-order chi connectivity index (χ1) is 13.3. The molecule has 5 nitrogen and oxygen atoms in total. The van der Waals surface area contributed by atoms with Gasteiger partial charge in [-0.05, 0) is 48.7 Å². The number of thioether (sulfide) groups is 1. The van der Waals surface area contributed by atoms with Crippen molar-refractivity contribution in [2.75, 3.05) is 0 Å². The summed E-state index contributed by atoms with van der Waals surface area (Å²) in [6.07, 6.45) is 11.6. The number of rotatable bonds is 12. The van der Waals surface area contributed by atoms with Gasteiger partial charge >= 0.3 is 0 Å². The lowest BCUT2D eigenvalue weighted by Gasteiger charge is -2.13. The summed E-state index contributed by atoms with van der Waals surface area (Å²) in [6.45, 7) is 5.93. The van der Waals surface area contributed by atoms with Crippen LogP contribution in [0.2, 0.25) is 0 Å². The molecular formula is C21H35N3O2S2. The average Bonchev–Trinajstić information content (AvgIpc) is 2.62. The van der Waals surface area contributed by atoms with E-state index in [1.54, 1.807) is 12.1 Å². The van der Waals surface area contributed by atoms with Crippen molar-refractivity contribution in [3.05, 3.63) is 29.8 Å². The number of hydrogen-bond acceptors (Lipinski definition) is 5. The normalized spacial score (nSPS) is 12.5. The third-order valence-electron chi connectivity index (χ3n) is 4.73. The molecule has 7 heteroatoms. The highest BCUT2D eigenvalue weighted by atomic mass is 32.2. The summed E-state index contributed by atoms with van der Waals surface area (Å²) in [5.41, 5.74) is 1.14. The number of nitrogens with one attached hydrogen (secondary N) is 3. The van der Waals surface area contributed by atoms with Crippen LogP contribution in [0.25, 0.3) is 0 Å². The van der Waals surface area contributed by atoms with Crippen LogP contribution < -0.4 is 4.72 Å². The molecule has 0 spiro atoms. The number of unbranched alkanes of at least 4 members (excludes halogenated alkanes) is 7. The van der Waals surface area contributed by atoms with E-state index in [0.29, 0.717) is 5.92 Å². The van der Waals surface area contributed by atoms with Crippen LogP contribution in [0.5, 0.6) is 0 Å². The van der Waals surface area contributed by atoms with Crippen molar-refractivity contribution >= 4 is 32.0 Å². The number of hydrogen-bond donors (Lipinski definition) is 3. The summed E-state index contributed by atoms with van der Waals surface area (Å²) in [7, 11) is -3.77. The van der Waals surface area contributed by atoms with E-state index < -0.39 is 10.0 Å². The quantitative estimate of drug-likeness (QED) is 0.209. The topological polar surface area (TPSA) is 93.9 Å². The molecule has 0 amide bonds. The molecule has 0 saturated carbocycles. The van der Waals surface area contributed by atoms with Crippen molar-refractivity contribution in [2.24, 2.45) is 0 Å². The third-order valence-corrected chi connectivity index (χ3v) is 6.84. The Kier molecular flexibility index (Phi) is 11.5. The Hall–Kier alpha value is -1.34. The molecule has 1 unspecified atom stereocenters. The Labute approximate surface area is 175 Å². The van der Waals surface area contributed by atoms with Crippen LogP contribution in [0.4, 0.5) is 0 Å². The lowest BCUT2D eigenvalue weighted by Crippen LogP contribution is -2.28. The van der Waals surface area contributed by atoms with Gasteiger partial charge in [0.2, 0.25) is 0 Å². The van der Waals surface area contributed by atoms with Crippen molar-refractivity contribution in [3.63, 3.8) is 0 Å². The number of amidine groups is 1. The van der Waals surface area contributed by atoms with Gasteiger partial charge in [-0.2, -0.15) is 0 Å². The van der Waals surface area contributed by atoms with E-state index >= 15 is 0 Å². The smallest absolute Gasteiger partial charge is 0.263 e. The maximum absolute atomic E-state index is 12.3. The Morgan fingerprint density at radius 1 is 1.00 bits per heavy atom. The van der Waals surface area contributed by atoms with Crippen LogP contribution >= 0.6 is 11.8 Å². The molecule has 1 rings (SSSR count). The van der Waals surface area contributed by atoms with E-state index in [1.807, 2.05) is 12.1 Å². The predicted octanol–water partition coefficient (Wildman–Crippen LogP) is 6.26. The summed E-state index contributed by atoms with van der Waals surface area (Å²) in [4.78, 5) is 0.142. The molecule has 0 saturated heterocycles.